The standard InChI is InChI=1S/C29H35FN4O2/c30-24-5-3-4-22(15-24)25-19-33(26(29(35)36)14-20-7-8-20)18-23(25)17-32-12-9-21(10-13-32)27-16-31-28-6-1-2-11-34(27)28/h1-6,11,15-16,20-21,23,25-26H,7-10,12-14,17-19H2,(H,35,36). The lowest BCUT2D eigenvalue weighted by Gasteiger charge is -2.34. The van der Waals surface area contributed by atoms with Gasteiger partial charge in [-0.15, -0.1) is 0 Å². The summed E-state index contributed by atoms with van der Waals surface area (Å²) in [6.45, 7) is 4.41. The summed E-state index contributed by atoms with van der Waals surface area (Å²) in [5, 5.41) is 9.99. The molecular weight excluding hydrogens is 455 g/mol. The Hall–Kier alpha value is -2.77. The highest BCUT2D eigenvalue weighted by Gasteiger charge is 2.42. The molecule has 7 heteroatoms. The Bertz CT molecular complexity index is 1220. The summed E-state index contributed by atoms with van der Waals surface area (Å²) in [7, 11) is 0. The highest BCUT2D eigenvalue weighted by molar-refractivity contribution is 5.73. The lowest BCUT2D eigenvalue weighted by molar-refractivity contribution is -0.143. The number of imidazole rings is 1. The molecule has 0 spiro atoms. The van der Waals surface area contributed by atoms with E-state index < -0.39 is 12.0 Å². The number of fused-ring (bicyclic) bond motifs is 1. The maximum atomic E-state index is 14.1. The van der Waals surface area contributed by atoms with E-state index in [2.05, 4.69) is 31.4 Å². The fourth-order valence-corrected chi connectivity index (χ4v) is 6.53. The molecular formula is C29H35FN4O2. The van der Waals surface area contributed by atoms with Crippen molar-refractivity contribution in [2.75, 3.05) is 32.7 Å². The van der Waals surface area contributed by atoms with E-state index in [1.807, 2.05) is 24.4 Å². The van der Waals surface area contributed by atoms with Crippen LogP contribution in [0.4, 0.5) is 4.39 Å². The molecule has 1 N–H and O–H groups in total. The first-order valence-corrected chi connectivity index (χ1v) is 13.4. The third kappa shape index (κ3) is 4.91. The fourth-order valence-electron chi connectivity index (χ4n) is 6.53. The quantitative estimate of drug-likeness (QED) is 0.499. The topological polar surface area (TPSA) is 61.1 Å². The largest absolute Gasteiger partial charge is 0.480 e. The number of aromatic nitrogens is 2. The fraction of sp³-hybridized carbons (Fsp3) is 0.517. The van der Waals surface area contributed by atoms with E-state index in [-0.39, 0.29) is 11.7 Å². The van der Waals surface area contributed by atoms with Gasteiger partial charge in [0.25, 0.3) is 0 Å². The van der Waals surface area contributed by atoms with Crippen LogP contribution in [0.1, 0.15) is 55.2 Å². The van der Waals surface area contributed by atoms with Gasteiger partial charge in [-0.3, -0.25) is 9.69 Å². The van der Waals surface area contributed by atoms with Gasteiger partial charge >= 0.3 is 5.97 Å². The molecule has 36 heavy (non-hydrogen) atoms. The van der Waals surface area contributed by atoms with Crippen LogP contribution >= 0.6 is 0 Å². The van der Waals surface area contributed by atoms with Crippen LogP contribution in [0.15, 0.2) is 54.9 Å². The highest BCUT2D eigenvalue weighted by atomic mass is 19.1. The van der Waals surface area contributed by atoms with Crippen molar-refractivity contribution in [1.29, 1.82) is 0 Å². The average Bonchev–Trinajstić information content (AvgIpc) is 3.46. The molecule has 0 bridgehead atoms. The third-order valence-electron chi connectivity index (χ3n) is 8.67. The molecule has 6 rings (SSSR count). The zero-order valence-electron chi connectivity index (χ0n) is 20.7. The van der Waals surface area contributed by atoms with Crippen molar-refractivity contribution in [3.05, 3.63) is 71.9 Å². The number of aliphatic carboxylic acids is 1. The van der Waals surface area contributed by atoms with Crippen LogP contribution in [0.25, 0.3) is 5.65 Å². The predicted molar refractivity (Wildman–Crippen MR) is 137 cm³/mol. The van der Waals surface area contributed by atoms with Crippen LogP contribution in [0.5, 0.6) is 0 Å². The highest BCUT2D eigenvalue weighted by Crippen LogP contribution is 2.40. The first-order valence-electron chi connectivity index (χ1n) is 13.4. The van der Waals surface area contributed by atoms with Crippen LogP contribution in [0.3, 0.4) is 0 Å². The summed E-state index contributed by atoms with van der Waals surface area (Å²) in [5.41, 5.74) is 3.29. The number of hydrogen-bond donors (Lipinski definition) is 1. The Morgan fingerprint density at radius 2 is 1.92 bits per heavy atom. The van der Waals surface area contributed by atoms with Crippen molar-refractivity contribution < 1.29 is 14.3 Å². The number of benzene rings is 1. The molecule has 3 fully saturated rings. The molecule has 2 aliphatic heterocycles. The Kier molecular flexibility index (Phi) is 6.52. The van der Waals surface area contributed by atoms with E-state index in [0.29, 0.717) is 24.3 Å². The molecule has 3 aromatic rings. The number of rotatable bonds is 8. The number of carbonyl (C=O) groups is 1. The van der Waals surface area contributed by atoms with Gasteiger partial charge in [0.15, 0.2) is 0 Å². The molecule has 6 nitrogen and oxygen atoms in total. The second-order valence-electron chi connectivity index (χ2n) is 11.1. The number of pyridine rings is 1. The maximum Gasteiger partial charge on any atom is 0.320 e. The first-order chi connectivity index (χ1) is 17.5. The molecule has 3 unspecified atom stereocenters. The molecule has 3 atom stereocenters. The van der Waals surface area contributed by atoms with Gasteiger partial charge in [-0.2, -0.15) is 0 Å². The molecule has 1 aliphatic carbocycles. The smallest absolute Gasteiger partial charge is 0.320 e. The van der Waals surface area contributed by atoms with E-state index in [1.165, 1.54) is 11.8 Å². The van der Waals surface area contributed by atoms with Crippen LogP contribution in [0, 0.1) is 17.7 Å². The zero-order valence-corrected chi connectivity index (χ0v) is 20.7. The third-order valence-corrected chi connectivity index (χ3v) is 8.67. The summed E-state index contributed by atoms with van der Waals surface area (Å²) in [6, 6.07) is 12.6. The van der Waals surface area contributed by atoms with Crippen molar-refractivity contribution in [3.63, 3.8) is 0 Å². The number of piperidine rings is 1. The minimum absolute atomic E-state index is 0.151. The molecule has 2 saturated heterocycles. The van der Waals surface area contributed by atoms with Crippen molar-refractivity contribution in [1.82, 2.24) is 19.2 Å². The molecule has 1 saturated carbocycles. The lowest BCUT2D eigenvalue weighted by Crippen LogP contribution is -2.41. The second kappa shape index (κ2) is 9.94. The zero-order chi connectivity index (χ0) is 24.6. The first kappa shape index (κ1) is 23.6. The van der Waals surface area contributed by atoms with Gasteiger partial charge in [0, 0.05) is 49.6 Å². The van der Waals surface area contributed by atoms with E-state index in [9.17, 15) is 14.3 Å². The van der Waals surface area contributed by atoms with E-state index in [1.54, 1.807) is 12.1 Å². The van der Waals surface area contributed by atoms with E-state index in [0.717, 1.165) is 69.5 Å². The van der Waals surface area contributed by atoms with Gasteiger partial charge in [0.05, 0.1) is 0 Å². The molecule has 4 heterocycles. The minimum Gasteiger partial charge on any atom is -0.480 e. The summed E-state index contributed by atoms with van der Waals surface area (Å²) in [5.74, 6) is 0.559. The van der Waals surface area contributed by atoms with Crippen molar-refractivity contribution in [3.8, 4) is 0 Å². The summed E-state index contributed by atoms with van der Waals surface area (Å²) in [6.07, 6.45) is 9.33. The average molecular weight is 491 g/mol. The summed E-state index contributed by atoms with van der Waals surface area (Å²) < 4.78 is 16.3. The van der Waals surface area contributed by atoms with Gasteiger partial charge in [0.2, 0.25) is 0 Å². The summed E-state index contributed by atoms with van der Waals surface area (Å²) in [4.78, 5) is 21.5. The molecule has 0 radical (unpaired) electrons. The molecule has 3 aliphatic rings. The van der Waals surface area contributed by atoms with Gasteiger partial charge in [-0.25, -0.2) is 9.37 Å². The van der Waals surface area contributed by atoms with Crippen LogP contribution in [0.2, 0.25) is 0 Å². The SMILES string of the molecule is O=C(O)C(CC1CC1)N1CC(CN2CCC(c3cnc4ccccn34)CC2)C(c2cccc(F)c2)C1. The van der Waals surface area contributed by atoms with Crippen LogP contribution in [-0.2, 0) is 4.79 Å². The van der Waals surface area contributed by atoms with Crippen LogP contribution in [-0.4, -0.2) is 69.0 Å². The van der Waals surface area contributed by atoms with E-state index in [4.69, 9.17) is 0 Å². The van der Waals surface area contributed by atoms with Gasteiger partial charge in [-0.05, 0) is 74.0 Å². The maximum absolute atomic E-state index is 14.1. The Balaban J connectivity index is 1.15. The molecule has 1 aromatic carbocycles. The number of halogens is 1. The second-order valence-corrected chi connectivity index (χ2v) is 11.1. The van der Waals surface area contributed by atoms with Gasteiger partial charge in [0.1, 0.15) is 17.5 Å². The Morgan fingerprint density at radius 1 is 1.08 bits per heavy atom. The van der Waals surface area contributed by atoms with Crippen molar-refractivity contribution in [2.24, 2.45) is 11.8 Å². The number of nitrogens with zero attached hydrogens (tertiary/aromatic N) is 4. The monoisotopic (exact) mass is 490 g/mol. The van der Waals surface area contributed by atoms with Gasteiger partial charge in [-0.1, -0.05) is 31.0 Å². The van der Waals surface area contributed by atoms with Crippen molar-refractivity contribution >= 4 is 11.6 Å². The lowest BCUT2D eigenvalue weighted by atomic mass is 9.87. The molecule has 2 aromatic heterocycles. The Labute approximate surface area is 211 Å². The molecule has 0 amide bonds. The number of hydrogen-bond acceptors (Lipinski definition) is 4. The minimum atomic E-state index is -0.714. The van der Waals surface area contributed by atoms with Crippen LogP contribution < -0.4 is 0 Å². The number of likely N-dealkylation sites (tertiary alicyclic amines) is 2. The predicted octanol–water partition coefficient (Wildman–Crippen LogP) is 4.62. The summed E-state index contributed by atoms with van der Waals surface area (Å²) >= 11 is 0. The Morgan fingerprint density at radius 3 is 2.67 bits per heavy atom. The van der Waals surface area contributed by atoms with Crippen molar-refractivity contribution in [2.45, 2.75) is 50.0 Å². The number of carboxylic acids is 1. The molecule has 190 valence electrons. The number of carboxylic acid groups (broad SMARTS) is 1. The normalized spacial score (nSPS) is 24.9. The van der Waals surface area contributed by atoms with Gasteiger partial charge < -0.3 is 14.4 Å². The van der Waals surface area contributed by atoms with E-state index >= 15 is 0 Å².